The van der Waals surface area contributed by atoms with Crippen molar-refractivity contribution in [3.05, 3.63) is 0 Å². The van der Waals surface area contributed by atoms with Crippen LogP contribution in [-0.4, -0.2) is 56.9 Å². The van der Waals surface area contributed by atoms with E-state index >= 15 is 0 Å². The number of urea groups is 1. The summed E-state index contributed by atoms with van der Waals surface area (Å²) in [6, 6.07) is -0.293. The van der Waals surface area contributed by atoms with Crippen molar-refractivity contribution < 1.29 is 19.1 Å². The monoisotopic (exact) mass is 258 g/mol. The number of carbonyl (C=O) groups excluding carboxylic acids is 2. The van der Waals surface area contributed by atoms with Crippen LogP contribution in [0.5, 0.6) is 0 Å². The molecule has 6 heteroatoms. The summed E-state index contributed by atoms with van der Waals surface area (Å²) in [5.74, 6) is 0.303. The molecule has 0 aliphatic heterocycles. The maximum Gasteiger partial charge on any atom is 0.325 e. The van der Waals surface area contributed by atoms with Crippen molar-refractivity contribution in [2.75, 3.05) is 40.0 Å². The maximum absolute atomic E-state index is 11.5. The number of esters is 1. The molecule has 0 spiro atoms. The van der Waals surface area contributed by atoms with Crippen LogP contribution in [0.4, 0.5) is 4.79 Å². The van der Waals surface area contributed by atoms with Gasteiger partial charge in [-0.15, -0.1) is 0 Å². The van der Waals surface area contributed by atoms with E-state index in [0.717, 1.165) is 12.5 Å². The van der Waals surface area contributed by atoms with Gasteiger partial charge < -0.3 is 19.7 Å². The molecule has 0 atom stereocenters. The summed E-state index contributed by atoms with van der Waals surface area (Å²) in [7, 11) is 1.67. The molecule has 1 N–H and O–H groups in total. The van der Waals surface area contributed by atoms with Gasteiger partial charge in [-0.05, 0) is 25.7 Å². The molecule has 6 nitrogen and oxygen atoms in total. The van der Waals surface area contributed by atoms with Gasteiger partial charge in [-0.1, -0.05) is 0 Å². The first-order chi connectivity index (χ1) is 8.63. The highest BCUT2D eigenvalue weighted by Gasteiger charge is 2.21. The Kier molecular flexibility index (Phi) is 6.49. The van der Waals surface area contributed by atoms with Crippen LogP contribution in [0.15, 0.2) is 0 Å². The Morgan fingerprint density at radius 1 is 1.39 bits per heavy atom. The predicted molar refractivity (Wildman–Crippen MR) is 66.2 cm³/mol. The van der Waals surface area contributed by atoms with Crippen molar-refractivity contribution in [3.8, 4) is 0 Å². The lowest BCUT2D eigenvalue weighted by Gasteiger charge is -2.17. The second-order valence-electron chi connectivity index (χ2n) is 4.40. The van der Waals surface area contributed by atoms with E-state index in [1.54, 1.807) is 14.0 Å². The fourth-order valence-electron chi connectivity index (χ4n) is 1.33. The Labute approximate surface area is 108 Å². The molecule has 0 heterocycles. The van der Waals surface area contributed by atoms with Gasteiger partial charge in [-0.25, -0.2) is 4.79 Å². The smallest absolute Gasteiger partial charge is 0.325 e. The van der Waals surface area contributed by atoms with Gasteiger partial charge >= 0.3 is 12.0 Å². The number of likely N-dealkylation sites (N-methyl/N-ethyl adjacent to an activating group) is 1. The summed E-state index contributed by atoms with van der Waals surface area (Å²) >= 11 is 0. The normalized spacial score (nSPS) is 14.1. The van der Waals surface area contributed by atoms with Crippen LogP contribution in [0.1, 0.15) is 19.8 Å². The van der Waals surface area contributed by atoms with Gasteiger partial charge in [-0.2, -0.15) is 0 Å². The van der Waals surface area contributed by atoms with Crippen LogP contribution in [0.3, 0.4) is 0 Å². The van der Waals surface area contributed by atoms with Crippen LogP contribution in [0.2, 0.25) is 0 Å². The Morgan fingerprint density at radius 3 is 2.72 bits per heavy atom. The summed E-state index contributed by atoms with van der Waals surface area (Å²) in [4.78, 5) is 24.1. The number of nitrogens with one attached hydrogen (secondary N) is 1. The van der Waals surface area contributed by atoms with Gasteiger partial charge in [0.2, 0.25) is 0 Å². The third-order valence-electron chi connectivity index (χ3n) is 2.66. The zero-order valence-corrected chi connectivity index (χ0v) is 11.1. The molecule has 1 saturated carbocycles. The SMILES string of the molecule is CCOC(=O)CNC(=O)N(C)CCOCC1CC1. The first-order valence-corrected chi connectivity index (χ1v) is 6.35. The molecule has 1 aliphatic rings. The number of rotatable bonds is 8. The molecule has 2 amide bonds. The van der Waals surface area contributed by atoms with Gasteiger partial charge in [-0.3, -0.25) is 4.79 Å². The van der Waals surface area contributed by atoms with Gasteiger partial charge in [0.1, 0.15) is 6.54 Å². The van der Waals surface area contributed by atoms with E-state index in [9.17, 15) is 9.59 Å². The molecule has 0 aromatic heterocycles. The highest BCUT2D eigenvalue weighted by Crippen LogP contribution is 2.28. The van der Waals surface area contributed by atoms with Crippen molar-refractivity contribution in [1.82, 2.24) is 10.2 Å². The molecular formula is C12H22N2O4. The summed E-state index contributed by atoms with van der Waals surface area (Å²) in [6.07, 6.45) is 2.52. The summed E-state index contributed by atoms with van der Waals surface area (Å²) in [5, 5.41) is 2.49. The minimum absolute atomic E-state index is 0.0973. The number of hydrogen-bond acceptors (Lipinski definition) is 4. The molecule has 104 valence electrons. The largest absolute Gasteiger partial charge is 0.465 e. The van der Waals surface area contributed by atoms with Gasteiger partial charge in [0.05, 0.1) is 13.2 Å². The molecule has 0 saturated heterocycles. The Morgan fingerprint density at radius 2 is 2.11 bits per heavy atom. The molecule has 1 fully saturated rings. The lowest BCUT2D eigenvalue weighted by molar-refractivity contribution is -0.141. The number of carbonyl (C=O) groups is 2. The van der Waals surface area contributed by atoms with Crippen LogP contribution in [-0.2, 0) is 14.3 Å². The second-order valence-corrected chi connectivity index (χ2v) is 4.40. The highest BCUT2D eigenvalue weighted by atomic mass is 16.5. The van der Waals surface area contributed by atoms with Crippen LogP contribution in [0.25, 0.3) is 0 Å². The molecule has 1 aliphatic carbocycles. The highest BCUT2D eigenvalue weighted by molar-refractivity contribution is 5.80. The number of ether oxygens (including phenoxy) is 2. The zero-order valence-electron chi connectivity index (χ0n) is 11.1. The third-order valence-corrected chi connectivity index (χ3v) is 2.66. The maximum atomic E-state index is 11.5. The van der Waals surface area contributed by atoms with E-state index in [2.05, 4.69) is 5.32 Å². The number of nitrogens with zero attached hydrogens (tertiary/aromatic N) is 1. The molecule has 0 aromatic rings. The van der Waals surface area contributed by atoms with E-state index in [0.29, 0.717) is 19.8 Å². The van der Waals surface area contributed by atoms with E-state index in [-0.39, 0.29) is 12.6 Å². The van der Waals surface area contributed by atoms with E-state index in [1.165, 1.54) is 17.7 Å². The molecule has 1 rings (SSSR count). The van der Waals surface area contributed by atoms with Crippen LogP contribution < -0.4 is 5.32 Å². The average molecular weight is 258 g/mol. The molecule has 0 aromatic carbocycles. The van der Waals surface area contributed by atoms with Gasteiger partial charge in [0.25, 0.3) is 0 Å². The van der Waals surface area contributed by atoms with Crippen LogP contribution >= 0.6 is 0 Å². The summed E-state index contributed by atoms with van der Waals surface area (Å²) < 4.78 is 10.1. The first-order valence-electron chi connectivity index (χ1n) is 6.35. The molecule has 0 radical (unpaired) electrons. The lowest BCUT2D eigenvalue weighted by atomic mass is 10.5. The standard InChI is InChI=1S/C12H22N2O4/c1-3-18-11(15)8-13-12(16)14(2)6-7-17-9-10-4-5-10/h10H,3-9H2,1-2H3,(H,13,16). The Hall–Kier alpha value is -1.30. The second kappa shape index (κ2) is 7.92. The fraction of sp³-hybridized carbons (Fsp3) is 0.833. The fourth-order valence-corrected chi connectivity index (χ4v) is 1.33. The summed E-state index contributed by atoms with van der Waals surface area (Å²) in [6.45, 7) is 3.78. The van der Waals surface area contributed by atoms with Crippen molar-refractivity contribution in [2.45, 2.75) is 19.8 Å². The van der Waals surface area contributed by atoms with E-state index in [1.807, 2.05) is 0 Å². The quantitative estimate of drug-likeness (QED) is 0.512. The van der Waals surface area contributed by atoms with Crippen LogP contribution in [0, 0.1) is 5.92 Å². The average Bonchev–Trinajstić information content (AvgIpc) is 3.15. The molecule has 0 unspecified atom stereocenters. The van der Waals surface area contributed by atoms with E-state index < -0.39 is 5.97 Å². The van der Waals surface area contributed by atoms with Gasteiger partial charge in [0.15, 0.2) is 0 Å². The predicted octanol–water partition coefficient (Wildman–Crippen LogP) is 0.617. The minimum atomic E-state index is -0.427. The summed E-state index contributed by atoms with van der Waals surface area (Å²) in [5.41, 5.74) is 0. The third kappa shape index (κ3) is 6.44. The zero-order chi connectivity index (χ0) is 13.4. The Bertz CT molecular complexity index is 279. The number of hydrogen-bond donors (Lipinski definition) is 1. The lowest BCUT2D eigenvalue weighted by Crippen LogP contribution is -2.41. The number of amides is 2. The topological polar surface area (TPSA) is 67.9 Å². The van der Waals surface area contributed by atoms with Crippen molar-refractivity contribution in [3.63, 3.8) is 0 Å². The van der Waals surface area contributed by atoms with Crippen molar-refractivity contribution in [2.24, 2.45) is 5.92 Å². The molecule has 0 bridgehead atoms. The van der Waals surface area contributed by atoms with Crippen molar-refractivity contribution in [1.29, 1.82) is 0 Å². The van der Waals surface area contributed by atoms with Crippen molar-refractivity contribution >= 4 is 12.0 Å². The Balaban J connectivity index is 2.02. The van der Waals surface area contributed by atoms with Gasteiger partial charge in [0, 0.05) is 20.2 Å². The molecule has 18 heavy (non-hydrogen) atoms. The first kappa shape index (κ1) is 14.8. The van der Waals surface area contributed by atoms with E-state index in [4.69, 9.17) is 9.47 Å². The molecular weight excluding hydrogens is 236 g/mol. The minimum Gasteiger partial charge on any atom is -0.465 e.